The summed E-state index contributed by atoms with van der Waals surface area (Å²) >= 11 is 0. The van der Waals surface area contributed by atoms with Crippen LogP contribution in [0.1, 0.15) is 36.8 Å². The fraction of sp³-hybridized carbons (Fsp3) is 0.435. The Morgan fingerprint density at radius 3 is 2.50 bits per heavy atom. The number of pyridine rings is 1. The molecule has 0 spiro atoms. The van der Waals surface area contributed by atoms with E-state index in [1.807, 2.05) is 0 Å². The minimum Gasteiger partial charge on any atom is -0.493 e. The van der Waals surface area contributed by atoms with Gasteiger partial charge in [-0.15, -0.1) is 0 Å². The first-order chi connectivity index (χ1) is 16.1. The number of nitrogens with two attached hydrogens (primary N) is 1. The van der Waals surface area contributed by atoms with Gasteiger partial charge < -0.3 is 25.3 Å². The highest BCUT2D eigenvalue weighted by Gasteiger charge is 2.38. The van der Waals surface area contributed by atoms with Crippen LogP contribution < -0.4 is 20.5 Å². The van der Waals surface area contributed by atoms with Crippen molar-refractivity contribution >= 4 is 22.5 Å². The summed E-state index contributed by atoms with van der Waals surface area (Å²) in [6.45, 7) is 4.54. The van der Waals surface area contributed by atoms with Gasteiger partial charge in [-0.1, -0.05) is 0 Å². The molecule has 8 nitrogen and oxygen atoms in total. The maximum atomic E-state index is 13.1. The van der Waals surface area contributed by atoms with E-state index in [0.29, 0.717) is 47.3 Å². The maximum absolute atomic E-state index is 13.1. The zero-order chi connectivity index (χ0) is 24.5. The SMILES string of the molecule is COc1cc2nc(C)nc(NCc3cc(C(F)(F)F)cc(N)n3)c2cc1OCCOC1(C)CC1. The Bertz CT molecular complexity index is 1200. The van der Waals surface area contributed by atoms with Gasteiger partial charge in [-0.05, 0) is 44.9 Å². The zero-order valence-corrected chi connectivity index (χ0v) is 19.1. The minimum atomic E-state index is -4.52. The number of hydrogen-bond donors (Lipinski definition) is 2. The smallest absolute Gasteiger partial charge is 0.416 e. The van der Waals surface area contributed by atoms with E-state index < -0.39 is 11.7 Å². The molecule has 3 aromatic rings. The number of fused-ring (bicyclic) bond motifs is 1. The first kappa shape index (κ1) is 23.8. The maximum Gasteiger partial charge on any atom is 0.416 e. The summed E-state index contributed by atoms with van der Waals surface area (Å²) in [5.74, 6) is 1.68. The van der Waals surface area contributed by atoms with Gasteiger partial charge in [-0.3, -0.25) is 0 Å². The number of aromatic nitrogens is 3. The summed E-state index contributed by atoms with van der Waals surface area (Å²) in [5, 5.41) is 3.67. The van der Waals surface area contributed by atoms with Crippen molar-refractivity contribution in [3.05, 3.63) is 41.3 Å². The van der Waals surface area contributed by atoms with Crippen LogP contribution in [-0.2, 0) is 17.5 Å². The van der Waals surface area contributed by atoms with Crippen LogP contribution >= 0.6 is 0 Å². The average Bonchev–Trinajstić information content (AvgIpc) is 3.50. The Morgan fingerprint density at radius 2 is 1.82 bits per heavy atom. The highest BCUT2D eigenvalue weighted by molar-refractivity contribution is 5.91. The number of hydrogen-bond acceptors (Lipinski definition) is 8. The molecule has 2 aromatic heterocycles. The molecule has 1 fully saturated rings. The largest absolute Gasteiger partial charge is 0.493 e. The summed E-state index contributed by atoms with van der Waals surface area (Å²) in [6.07, 6.45) is -2.43. The first-order valence-electron chi connectivity index (χ1n) is 10.8. The molecular weight excluding hydrogens is 451 g/mol. The number of halogens is 3. The van der Waals surface area contributed by atoms with Crippen LogP contribution in [0.25, 0.3) is 10.9 Å². The molecular formula is C23H26F3N5O3. The number of nitrogen functional groups attached to an aromatic ring is 1. The normalized spacial score (nSPS) is 14.8. The molecule has 0 radical (unpaired) electrons. The van der Waals surface area contributed by atoms with Crippen LogP contribution in [0, 0.1) is 6.92 Å². The molecule has 0 saturated heterocycles. The van der Waals surface area contributed by atoms with Crippen molar-refractivity contribution in [3.63, 3.8) is 0 Å². The number of rotatable bonds is 9. The van der Waals surface area contributed by atoms with E-state index in [-0.39, 0.29) is 23.7 Å². The second kappa shape index (κ2) is 9.13. The number of anilines is 2. The van der Waals surface area contributed by atoms with Crippen molar-refractivity contribution in [2.75, 3.05) is 31.4 Å². The van der Waals surface area contributed by atoms with Crippen molar-refractivity contribution in [3.8, 4) is 11.5 Å². The Morgan fingerprint density at radius 1 is 1.06 bits per heavy atom. The molecule has 0 unspecified atom stereocenters. The molecule has 1 aliphatic carbocycles. The van der Waals surface area contributed by atoms with Gasteiger partial charge in [0.1, 0.15) is 24.1 Å². The van der Waals surface area contributed by atoms with Gasteiger partial charge in [0.2, 0.25) is 0 Å². The predicted molar refractivity (Wildman–Crippen MR) is 121 cm³/mol. The number of benzene rings is 1. The summed E-state index contributed by atoms with van der Waals surface area (Å²) < 4.78 is 56.5. The molecule has 1 saturated carbocycles. The van der Waals surface area contributed by atoms with Crippen molar-refractivity contribution in [2.24, 2.45) is 0 Å². The number of alkyl halides is 3. The number of nitrogens with zero attached hydrogens (tertiary/aromatic N) is 3. The van der Waals surface area contributed by atoms with Crippen molar-refractivity contribution in [2.45, 2.75) is 45.0 Å². The van der Waals surface area contributed by atoms with E-state index in [2.05, 4.69) is 27.2 Å². The van der Waals surface area contributed by atoms with Crippen molar-refractivity contribution in [1.82, 2.24) is 15.0 Å². The predicted octanol–water partition coefficient (Wildman–Crippen LogP) is 4.50. The summed E-state index contributed by atoms with van der Waals surface area (Å²) in [6, 6.07) is 5.23. The summed E-state index contributed by atoms with van der Waals surface area (Å²) in [5.41, 5.74) is 5.40. The molecule has 182 valence electrons. The number of aryl methyl sites for hydroxylation is 1. The quantitative estimate of drug-likeness (QED) is 0.434. The van der Waals surface area contributed by atoms with Crippen LogP contribution in [0.2, 0.25) is 0 Å². The van der Waals surface area contributed by atoms with E-state index in [0.717, 1.165) is 25.0 Å². The molecule has 1 aromatic carbocycles. The third-order valence-corrected chi connectivity index (χ3v) is 5.50. The van der Waals surface area contributed by atoms with Gasteiger partial charge in [0.15, 0.2) is 11.5 Å². The topological polar surface area (TPSA) is 104 Å². The van der Waals surface area contributed by atoms with E-state index in [4.69, 9.17) is 19.9 Å². The zero-order valence-electron chi connectivity index (χ0n) is 19.1. The fourth-order valence-corrected chi connectivity index (χ4v) is 3.46. The molecule has 2 heterocycles. The molecule has 3 N–H and O–H groups in total. The van der Waals surface area contributed by atoms with Gasteiger partial charge in [0.05, 0.1) is 42.6 Å². The molecule has 34 heavy (non-hydrogen) atoms. The number of nitrogens with one attached hydrogen (secondary N) is 1. The second-order valence-corrected chi connectivity index (χ2v) is 8.41. The van der Waals surface area contributed by atoms with E-state index in [1.165, 1.54) is 7.11 Å². The lowest BCUT2D eigenvalue weighted by atomic mass is 10.2. The van der Waals surface area contributed by atoms with Crippen molar-refractivity contribution in [1.29, 1.82) is 0 Å². The van der Waals surface area contributed by atoms with Crippen LogP contribution in [0.15, 0.2) is 24.3 Å². The monoisotopic (exact) mass is 477 g/mol. The van der Waals surface area contributed by atoms with Gasteiger partial charge in [0, 0.05) is 11.5 Å². The van der Waals surface area contributed by atoms with Crippen LogP contribution in [0.4, 0.5) is 24.8 Å². The lowest BCUT2D eigenvalue weighted by Gasteiger charge is -2.16. The average molecular weight is 477 g/mol. The van der Waals surface area contributed by atoms with E-state index >= 15 is 0 Å². The third kappa shape index (κ3) is 5.58. The number of methoxy groups -OCH3 is 1. The molecule has 1 aliphatic rings. The molecule has 11 heteroatoms. The minimum absolute atomic E-state index is 0.0195. The standard InChI is InChI=1S/C23H26F3N5O3/c1-13-29-17-11-18(32-3)19(33-6-7-34-22(2)4-5-22)10-16(17)21(30-13)28-12-15-8-14(23(24,25)26)9-20(27)31-15/h8-11H,4-7,12H2,1-3H3,(H2,27,31)(H,28,29,30). The lowest BCUT2D eigenvalue weighted by molar-refractivity contribution is -0.137. The molecule has 0 atom stereocenters. The molecule has 0 amide bonds. The Labute approximate surface area is 194 Å². The van der Waals surface area contributed by atoms with Gasteiger partial charge in [0.25, 0.3) is 0 Å². The Hall–Kier alpha value is -3.34. The van der Waals surface area contributed by atoms with Gasteiger partial charge >= 0.3 is 6.18 Å². The van der Waals surface area contributed by atoms with Gasteiger partial charge in [-0.2, -0.15) is 13.2 Å². The Balaban J connectivity index is 1.57. The van der Waals surface area contributed by atoms with Crippen LogP contribution in [0.5, 0.6) is 11.5 Å². The second-order valence-electron chi connectivity index (χ2n) is 8.41. The first-order valence-corrected chi connectivity index (χ1v) is 10.8. The molecule has 0 aliphatic heterocycles. The fourth-order valence-electron chi connectivity index (χ4n) is 3.46. The van der Waals surface area contributed by atoms with E-state index in [1.54, 1.807) is 19.1 Å². The summed E-state index contributed by atoms with van der Waals surface area (Å²) in [7, 11) is 1.53. The molecule has 4 rings (SSSR count). The lowest BCUT2D eigenvalue weighted by Crippen LogP contribution is -2.15. The Kier molecular flexibility index (Phi) is 6.39. The summed E-state index contributed by atoms with van der Waals surface area (Å²) in [4.78, 5) is 12.9. The highest BCUT2D eigenvalue weighted by Crippen LogP contribution is 2.39. The molecule has 0 bridgehead atoms. The van der Waals surface area contributed by atoms with Gasteiger partial charge in [-0.25, -0.2) is 15.0 Å². The van der Waals surface area contributed by atoms with E-state index in [9.17, 15) is 13.2 Å². The number of ether oxygens (including phenoxy) is 3. The van der Waals surface area contributed by atoms with Crippen LogP contribution in [0.3, 0.4) is 0 Å². The third-order valence-electron chi connectivity index (χ3n) is 5.50. The van der Waals surface area contributed by atoms with Crippen molar-refractivity contribution < 1.29 is 27.4 Å². The highest BCUT2D eigenvalue weighted by atomic mass is 19.4. The van der Waals surface area contributed by atoms with Crippen LogP contribution in [-0.4, -0.2) is 40.9 Å².